The minimum absolute atomic E-state index is 0.146. The lowest BCUT2D eigenvalue weighted by atomic mass is 10.0. The van der Waals surface area contributed by atoms with Crippen LogP contribution in [0.25, 0.3) is 5.76 Å². The maximum Gasteiger partial charge on any atom is 0.149 e. The molecule has 0 saturated heterocycles. The van der Waals surface area contributed by atoms with Gasteiger partial charge in [0.15, 0.2) is 0 Å². The first-order chi connectivity index (χ1) is 7.20. The van der Waals surface area contributed by atoms with E-state index in [9.17, 15) is 9.50 Å². The van der Waals surface area contributed by atoms with Crippen LogP contribution >= 0.6 is 0 Å². The predicted molar refractivity (Wildman–Crippen MR) is 61.6 cm³/mol. The SMILES string of the molecule is CC.Cc1ccc2c(c1F)NCC=C2O. The summed E-state index contributed by atoms with van der Waals surface area (Å²) >= 11 is 0. The van der Waals surface area contributed by atoms with Gasteiger partial charge in [0.05, 0.1) is 5.69 Å². The van der Waals surface area contributed by atoms with Crippen molar-refractivity contribution in [3.63, 3.8) is 0 Å². The van der Waals surface area contributed by atoms with Crippen LogP contribution in [0.5, 0.6) is 0 Å². The number of halogens is 1. The maximum atomic E-state index is 13.5. The fraction of sp³-hybridized carbons (Fsp3) is 0.333. The number of rotatable bonds is 0. The van der Waals surface area contributed by atoms with Crippen LogP contribution in [0, 0.1) is 12.7 Å². The van der Waals surface area contributed by atoms with Gasteiger partial charge in [0.25, 0.3) is 0 Å². The second-order valence-electron chi connectivity index (χ2n) is 3.09. The first-order valence-corrected chi connectivity index (χ1v) is 5.12. The number of aliphatic hydroxyl groups excluding tert-OH is 1. The molecule has 82 valence electrons. The van der Waals surface area contributed by atoms with E-state index in [4.69, 9.17) is 0 Å². The fourth-order valence-corrected chi connectivity index (χ4v) is 1.43. The molecule has 0 unspecified atom stereocenters. The number of aryl methyl sites for hydroxylation is 1. The number of hydrogen-bond donors (Lipinski definition) is 2. The van der Waals surface area contributed by atoms with E-state index >= 15 is 0 Å². The van der Waals surface area contributed by atoms with Gasteiger partial charge in [-0.25, -0.2) is 4.39 Å². The molecule has 3 heteroatoms. The lowest BCUT2D eigenvalue weighted by Crippen LogP contribution is -2.10. The molecule has 0 radical (unpaired) electrons. The molecule has 0 saturated carbocycles. The van der Waals surface area contributed by atoms with Crippen molar-refractivity contribution >= 4 is 11.4 Å². The Hall–Kier alpha value is -1.51. The molecule has 1 aromatic rings. The van der Waals surface area contributed by atoms with E-state index < -0.39 is 0 Å². The topological polar surface area (TPSA) is 32.3 Å². The van der Waals surface area contributed by atoms with Gasteiger partial charge >= 0.3 is 0 Å². The molecule has 0 fully saturated rings. The normalized spacial score (nSPS) is 12.9. The molecular formula is C12H16FNO. The minimum atomic E-state index is -0.280. The second-order valence-corrected chi connectivity index (χ2v) is 3.09. The number of benzene rings is 1. The molecule has 15 heavy (non-hydrogen) atoms. The smallest absolute Gasteiger partial charge is 0.149 e. The quantitative estimate of drug-likeness (QED) is 0.685. The largest absolute Gasteiger partial charge is 0.508 e. The highest BCUT2D eigenvalue weighted by atomic mass is 19.1. The summed E-state index contributed by atoms with van der Waals surface area (Å²) in [5.41, 5.74) is 1.52. The van der Waals surface area contributed by atoms with Gasteiger partial charge in [-0.15, -0.1) is 0 Å². The first kappa shape index (κ1) is 11.6. The van der Waals surface area contributed by atoms with E-state index in [1.54, 1.807) is 25.1 Å². The summed E-state index contributed by atoms with van der Waals surface area (Å²) in [6.45, 7) is 6.17. The summed E-state index contributed by atoms with van der Waals surface area (Å²) < 4.78 is 13.5. The number of nitrogens with one attached hydrogen (secondary N) is 1. The highest BCUT2D eigenvalue weighted by molar-refractivity contribution is 5.76. The molecule has 1 heterocycles. The van der Waals surface area contributed by atoms with Gasteiger partial charge in [-0.3, -0.25) is 0 Å². The van der Waals surface area contributed by atoms with Crippen LogP contribution in [0.15, 0.2) is 18.2 Å². The van der Waals surface area contributed by atoms with E-state index in [0.29, 0.717) is 23.4 Å². The summed E-state index contributed by atoms with van der Waals surface area (Å²) in [7, 11) is 0. The van der Waals surface area contributed by atoms with Crippen LogP contribution in [0.3, 0.4) is 0 Å². The van der Waals surface area contributed by atoms with Gasteiger partial charge in [-0.1, -0.05) is 19.9 Å². The molecule has 0 bridgehead atoms. The van der Waals surface area contributed by atoms with Crippen LogP contribution in [-0.2, 0) is 0 Å². The zero-order chi connectivity index (χ0) is 11.4. The standard InChI is InChI=1S/C10H10FNO.C2H6/c1-6-2-3-7-8(13)4-5-12-10(7)9(6)11;1-2/h2-4,12-13H,5H2,1H3;1-2H3. The third-order valence-electron chi connectivity index (χ3n) is 2.19. The van der Waals surface area contributed by atoms with Gasteiger partial charge < -0.3 is 10.4 Å². The van der Waals surface area contributed by atoms with Crippen LogP contribution in [0.2, 0.25) is 0 Å². The van der Waals surface area contributed by atoms with Crippen molar-refractivity contribution in [3.05, 3.63) is 35.2 Å². The Bertz CT molecular complexity index is 385. The minimum Gasteiger partial charge on any atom is -0.508 e. The highest BCUT2D eigenvalue weighted by Gasteiger charge is 2.16. The summed E-state index contributed by atoms with van der Waals surface area (Å²) in [5.74, 6) is -0.134. The number of anilines is 1. The van der Waals surface area contributed by atoms with Crippen LogP contribution in [-0.4, -0.2) is 11.7 Å². The molecule has 0 spiro atoms. The molecule has 2 rings (SSSR count). The van der Waals surface area contributed by atoms with Crippen molar-refractivity contribution in [1.29, 1.82) is 0 Å². The third-order valence-corrected chi connectivity index (χ3v) is 2.19. The monoisotopic (exact) mass is 209 g/mol. The van der Waals surface area contributed by atoms with E-state index in [2.05, 4.69) is 5.32 Å². The Labute approximate surface area is 89.4 Å². The van der Waals surface area contributed by atoms with Crippen molar-refractivity contribution in [2.24, 2.45) is 0 Å². The van der Waals surface area contributed by atoms with Crippen molar-refractivity contribution in [2.75, 3.05) is 11.9 Å². The Morgan fingerprint density at radius 3 is 2.67 bits per heavy atom. The van der Waals surface area contributed by atoms with Gasteiger partial charge in [0.2, 0.25) is 0 Å². The lowest BCUT2D eigenvalue weighted by Gasteiger charge is -2.17. The van der Waals surface area contributed by atoms with Gasteiger partial charge in [0.1, 0.15) is 11.6 Å². The molecule has 1 aliphatic rings. The molecule has 2 N–H and O–H groups in total. The average Bonchev–Trinajstić information content (AvgIpc) is 2.27. The molecule has 0 atom stereocenters. The van der Waals surface area contributed by atoms with E-state index in [1.807, 2.05) is 13.8 Å². The van der Waals surface area contributed by atoms with Crippen LogP contribution in [0.4, 0.5) is 10.1 Å². The summed E-state index contributed by atoms with van der Waals surface area (Å²) in [6, 6.07) is 3.37. The Balaban J connectivity index is 0.000000531. The molecule has 0 aromatic heterocycles. The van der Waals surface area contributed by atoms with Gasteiger partial charge in [0, 0.05) is 12.1 Å². The first-order valence-electron chi connectivity index (χ1n) is 5.12. The second kappa shape index (κ2) is 4.82. The molecule has 2 nitrogen and oxygen atoms in total. The Morgan fingerprint density at radius 2 is 2.00 bits per heavy atom. The molecule has 1 aromatic carbocycles. The third kappa shape index (κ3) is 2.12. The fourth-order valence-electron chi connectivity index (χ4n) is 1.43. The Morgan fingerprint density at radius 1 is 1.33 bits per heavy atom. The Kier molecular flexibility index (Phi) is 3.72. The summed E-state index contributed by atoms with van der Waals surface area (Å²) in [4.78, 5) is 0. The van der Waals surface area contributed by atoms with Gasteiger partial charge in [-0.2, -0.15) is 0 Å². The molecule has 0 amide bonds. The van der Waals surface area contributed by atoms with Crippen LogP contribution < -0.4 is 5.32 Å². The maximum absolute atomic E-state index is 13.5. The number of hydrogen-bond acceptors (Lipinski definition) is 2. The van der Waals surface area contributed by atoms with Gasteiger partial charge in [-0.05, 0) is 24.6 Å². The molecule has 0 aliphatic carbocycles. The van der Waals surface area contributed by atoms with E-state index in [-0.39, 0.29) is 11.6 Å². The van der Waals surface area contributed by atoms with Crippen molar-refractivity contribution < 1.29 is 9.50 Å². The summed E-state index contributed by atoms with van der Waals surface area (Å²) in [6.07, 6.45) is 1.62. The van der Waals surface area contributed by atoms with Crippen molar-refractivity contribution in [3.8, 4) is 0 Å². The molecule has 1 aliphatic heterocycles. The zero-order valence-electron chi connectivity index (χ0n) is 9.26. The highest BCUT2D eigenvalue weighted by Crippen LogP contribution is 2.29. The van der Waals surface area contributed by atoms with E-state index in [0.717, 1.165) is 0 Å². The summed E-state index contributed by atoms with van der Waals surface area (Å²) in [5, 5.41) is 12.3. The predicted octanol–water partition coefficient (Wildman–Crippen LogP) is 3.48. The average molecular weight is 209 g/mol. The van der Waals surface area contributed by atoms with Crippen LogP contribution in [0.1, 0.15) is 25.0 Å². The lowest BCUT2D eigenvalue weighted by molar-refractivity contribution is 0.508. The zero-order valence-corrected chi connectivity index (χ0v) is 9.26. The van der Waals surface area contributed by atoms with E-state index in [1.165, 1.54) is 0 Å². The van der Waals surface area contributed by atoms with Crippen molar-refractivity contribution in [2.45, 2.75) is 20.8 Å². The number of aliphatic hydroxyl groups is 1. The molecular weight excluding hydrogens is 193 g/mol. The van der Waals surface area contributed by atoms with Crippen molar-refractivity contribution in [1.82, 2.24) is 0 Å². The number of fused-ring (bicyclic) bond motifs is 1.